The van der Waals surface area contributed by atoms with Gasteiger partial charge in [0.2, 0.25) is 0 Å². The molecule has 80 valence electrons. The minimum atomic E-state index is -0.899. The third-order valence-corrected chi connectivity index (χ3v) is 2.15. The van der Waals surface area contributed by atoms with Crippen LogP contribution in [0.5, 0.6) is 0 Å². The summed E-state index contributed by atoms with van der Waals surface area (Å²) < 4.78 is 0. The summed E-state index contributed by atoms with van der Waals surface area (Å²) in [5, 5.41) is 10.6. The first-order valence-electron chi connectivity index (χ1n) is 4.56. The number of nitrogens with zero attached hydrogens (tertiary/aromatic N) is 1. The first-order chi connectivity index (χ1) is 7.25. The molecule has 1 aromatic carbocycles. The third kappa shape index (κ3) is 2.51. The van der Waals surface area contributed by atoms with E-state index >= 15 is 0 Å². The van der Waals surface area contributed by atoms with Gasteiger partial charge in [0.05, 0.1) is 12.2 Å². The molecule has 1 aliphatic heterocycles. The zero-order valence-electron chi connectivity index (χ0n) is 8.03. The molecule has 15 heavy (non-hydrogen) atoms. The molecular formula is C9H12N4O2. The van der Waals surface area contributed by atoms with Crippen LogP contribution in [0.15, 0.2) is 24.3 Å². The van der Waals surface area contributed by atoms with Crippen molar-refractivity contribution >= 4 is 5.97 Å². The van der Waals surface area contributed by atoms with Gasteiger partial charge >= 0.3 is 5.97 Å². The summed E-state index contributed by atoms with van der Waals surface area (Å²) in [6.07, 6.45) is 0. The largest absolute Gasteiger partial charge is 0.478 e. The lowest BCUT2D eigenvalue weighted by Gasteiger charge is -2.12. The molecule has 0 amide bonds. The fourth-order valence-corrected chi connectivity index (χ4v) is 1.36. The van der Waals surface area contributed by atoms with Gasteiger partial charge in [0.15, 0.2) is 0 Å². The predicted molar refractivity (Wildman–Crippen MR) is 53.2 cm³/mol. The van der Waals surface area contributed by atoms with Gasteiger partial charge in [-0.2, -0.15) is 11.1 Å². The Bertz CT molecular complexity index is 346. The van der Waals surface area contributed by atoms with Crippen LogP contribution in [0.3, 0.4) is 0 Å². The van der Waals surface area contributed by atoms with E-state index in [2.05, 4.69) is 16.5 Å². The van der Waals surface area contributed by atoms with E-state index in [4.69, 9.17) is 5.11 Å². The van der Waals surface area contributed by atoms with Gasteiger partial charge < -0.3 is 5.11 Å². The Morgan fingerprint density at radius 1 is 1.40 bits per heavy atom. The number of carboxylic acid groups (broad SMARTS) is 1. The van der Waals surface area contributed by atoms with Gasteiger partial charge in [0.25, 0.3) is 0 Å². The summed E-state index contributed by atoms with van der Waals surface area (Å²) in [5.41, 5.74) is 9.91. The van der Waals surface area contributed by atoms with Gasteiger partial charge in [-0.05, 0) is 17.7 Å². The molecule has 6 nitrogen and oxygen atoms in total. The summed E-state index contributed by atoms with van der Waals surface area (Å²) in [6.45, 7) is 1.40. The molecule has 2 rings (SSSR count). The van der Waals surface area contributed by atoms with Crippen LogP contribution < -0.4 is 16.5 Å². The second kappa shape index (κ2) is 4.37. The SMILES string of the molecule is O=C(O)c1ccc(CN2CNNN2)cc1. The highest BCUT2D eigenvalue weighted by Gasteiger charge is 2.10. The Balaban J connectivity index is 2.00. The van der Waals surface area contributed by atoms with E-state index in [0.717, 1.165) is 5.56 Å². The lowest BCUT2D eigenvalue weighted by atomic mass is 10.1. The van der Waals surface area contributed by atoms with E-state index in [9.17, 15) is 4.79 Å². The molecule has 1 aliphatic rings. The molecule has 0 bridgehead atoms. The minimum absolute atomic E-state index is 0.310. The number of hydrogen-bond donors (Lipinski definition) is 4. The molecule has 4 N–H and O–H groups in total. The lowest BCUT2D eigenvalue weighted by molar-refractivity contribution is 0.0697. The summed E-state index contributed by atoms with van der Waals surface area (Å²) >= 11 is 0. The quantitative estimate of drug-likeness (QED) is 0.545. The van der Waals surface area contributed by atoms with Crippen LogP contribution in [0.2, 0.25) is 0 Å². The van der Waals surface area contributed by atoms with Crippen molar-refractivity contribution < 1.29 is 9.90 Å². The highest BCUT2D eigenvalue weighted by molar-refractivity contribution is 5.87. The summed E-state index contributed by atoms with van der Waals surface area (Å²) in [4.78, 5) is 10.6. The number of carbonyl (C=O) groups is 1. The monoisotopic (exact) mass is 208 g/mol. The average molecular weight is 208 g/mol. The zero-order valence-corrected chi connectivity index (χ0v) is 8.03. The Labute approximate surface area is 86.8 Å². The van der Waals surface area contributed by atoms with E-state index in [1.807, 2.05) is 17.1 Å². The number of hydrazine groups is 3. The van der Waals surface area contributed by atoms with Crippen LogP contribution >= 0.6 is 0 Å². The Hall–Kier alpha value is -1.47. The van der Waals surface area contributed by atoms with Gasteiger partial charge in [0.1, 0.15) is 0 Å². The molecule has 6 heteroatoms. The number of hydrogen-bond acceptors (Lipinski definition) is 5. The van der Waals surface area contributed by atoms with E-state index in [1.54, 1.807) is 12.1 Å². The van der Waals surface area contributed by atoms with E-state index in [-0.39, 0.29) is 0 Å². The van der Waals surface area contributed by atoms with Gasteiger partial charge in [-0.1, -0.05) is 12.1 Å². The average Bonchev–Trinajstić information content (AvgIpc) is 2.71. The molecule has 0 aliphatic carbocycles. The maximum Gasteiger partial charge on any atom is 0.335 e. The molecule has 1 saturated heterocycles. The van der Waals surface area contributed by atoms with E-state index in [0.29, 0.717) is 18.8 Å². The van der Waals surface area contributed by atoms with Crippen LogP contribution in [0.1, 0.15) is 15.9 Å². The van der Waals surface area contributed by atoms with Gasteiger partial charge in [-0.25, -0.2) is 15.2 Å². The Morgan fingerprint density at radius 2 is 2.13 bits per heavy atom. The number of carboxylic acids is 1. The number of aromatic carboxylic acids is 1. The van der Waals surface area contributed by atoms with E-state index in [1.165, 1.54) is 0 Å². The van der Waals surface area contributed by atoms with Crippen molar-refractivity contribution in [1.82, 2.24) is 21.5 Å². The number of benzene rings is 1. The van der Waals surface area contributed by atoms with Crippen molar-refractivity contribution in [2.75, 3.05) is 6.67 Å². The van der Waals surface area contributed by atoms with Gasteiger partial charge in [-0.15, -0.1) is 0 Å². The second-order valence-electron chi connectivity index (χ2n) is 3.27. The standard InChI is InChI=1S/C9H12N4O2/c14-9(15)8-3-1-7(2-4-8)5-13-6-10-11-12-13/h1-4,10-12H,5-6H2,(H,14,15). The van der Waals surface area contributed by atoms with E-state index < -0.39 is 5.97 Å². The fourth-order valence-electron chi connectivity index (χ4n) is 1.36. The lowest BCUT2D eigenvalue weighted by Crippen LogP contribution is -2.36. The molecule has 1 heterocycles. The topological polar surface area (TPSA) is 76.6 Å². The zero-order chi connectivity index (χ0) is 10.7. The summed E-state index contributed by atoms with van der Waals surface area (Å²) in [6, 6.07) is 6.83. The molecule has 1 aromatic rings. The highest BCUT2D eigenvalue weighted by Crippen LogP contribution is 2.06. The summed E-state index contributed by atoms with van der Waals surface area (Å²) in [5.74, 6) is -0.899. The third-order valence-electron chi connectivity index (χ3n) is 2.15. The molecule has 0 spiro atoms. The predicted octanol–water partition coefficient (Wildman–Crippen LogP) is -0.328. The molecular weight excluding hydrogens is 196 g/mol. The van der Waals surface area contributed by atoms with Crippen LogP contribution in [-0.4, -0.2) is 22.8 Å². The molecule has 0 atom stereocenters. The van der Waals surface area contributed by atoms with Crippen molar-refractivity contribution in [3.63, 3.8) is 0 Å². The van der Waals surface area contributed by atoms with Gasteiger partial charge in [0, 0.05) is 6.54 Å². The summed E-state index contributed by atoms with van der Waals surface area (Å²) in [7, 11) is 0. The second-order valence-corrected chi connectivity index (χ2v) is 3.27. The number of rotatable bonds is 3. The van der Waals surface area contributed by atoms with Crippen molar-refractivity contribution in [1.29, 1.82) is 0 Å². The Morgan fingerprint density at radius 3 is 2.67 bits per heavy atom. The maximum absolute atomic E-state index is 10.6. The number of nitrogens with one attached hydrogen (secondary N) is 3. The minimum Gasteiger partial charge on any atom is -0.478 e. The highest BCUT2D eigenvalue weighted by atomic mass is 16.4. The van der Waals surface area contributed by atoms with Crippen molar-refractivity contribution in [3.05, 3.63) is 35.4 Å². The first kappa shape index (κ1) is 10.1. The van der Waals surface area contributed by atoms with Crippen molar-refractivity contribution in [2.24, 2.45) is 0 Å². The van der Waals surface area contributed by atoms with Crippen LogP contribution in [0, 0.1) is 0 Å². The maximum atomic E-state index is 10.6. The normalized spacial score (nSPS) is 16.8. The van der Waals surface area contributed by atoms with Crippen LogP contribution in [0.4, 0.5) is 0 Å². The van der Waals surface area contributed by atoms with Crippen LogP contribution in [0.25, 0.3) is 0 Å². The molecule has 0 unspecified atom stereocenters. The Kier molecular flexibility index (Phi) is 2.93. The fraction of sp³-hybridized carbons (Fsp3) is 0.222. The van der Waals surface area contributed by atoms with Crippen molar-refractivity contribution in [2.45, 2.75) is 6.54 Å². The molecule has 0 radical (unpaired) electrons. The smallest absolute Gasteiger partial charge is 0.335 e. The first-order valence-corrected chi connectivity index (χ1v) is 4.56. The molecule has 0 aromatic heterocycles. The molecule has 1 fully saturated rings. The van der Waals surface area contributed by atoms with Crippen LogP contribution in [-0.2, 0) is 6.54 Å². The van der Waals surface area contributed by atoms with Gasteiger partial charge in [-0.3, -0.25) is 0 Å². The molecule has 0 saturated carbocycles. The van der Waals surface area contributed by atoms with Crippen molar-refractivity contribution in [3.8, 4) is 0 Å².